The van der Waals surface area contributed by atoms with Gasteiger partial charge >= 0.3 is 6.18 Å². The molecule has 0 spiro atoms. The predicted molar refractivity (Wildman–Crippen MR) is 195 cm³/mol. The smallest absolute Gasteiger partial charge is 0.405 e. The first-order valence-corrected chi connectivity index (χ1v) is 18.9. The second-order valence-corrected chi connectivity index (χ2v) is 15.5. The van der Waals surface area contributed by atoms with Crippen LogP contribution in [-0.2, 0) is 21.5 Å². The Balaban J connectivity index is 1.18. The number of aliphatic hydroxyl groups excluding tert-OH is 2. The summed E-state index contributed by atoms with van der Waals surface area (Å²) in [4.78, 5) is 39.9. The Morgan fingerprint density at radius 2 is 1.88 bits per heavy atom. The lowest BCUT2D eigenvalue weighted by Gasteiger charge is -2.46. The number of amides is 2. The molecule has 1 fully saturated rings. The number of oxazole rings is 1. The molecule has 6 rings (SSSR count). The molecule has 4 aromatic rings. The maximum atomic E-state index is 13.9. The fourth-order valence-corrected chi connectivity index (χ4v) is 7.85. The third-order valence-corrected chi connectivity index (χ3v) is 11.0. The van der Waals surface area contributed by atoms with Gasteiger partial charge in [-0.05, 0) is 50.3 Å². The summed E-state index contributed by atoms with van der Waals surface area (Å²) >= 11 is 1.44. The lowest BCUT2D eigenvalue weighted by molar-refractivity contribution is -0.144. The van der Waals surface area contributed by atoms with Gasteiger partial charge in [-0.1, -0.05) is 24.3 Å². The van der Waals surface area contributed by atoms with Crippen molar-refractivity contribution in [3.8, 4) is 17.1 Å². The number of hydrogen-bond acceptors (Lipinski definition) is 11. The van der Waals surface area contributed by atoms with Gasteiger partial charge in [0.05, 0.1) is 23.9 Å². The molecule has 2 amide bonds. The van der Waals surface area contributed by atoms with E-state index in [1.165, 1.54) is 29.8 Å². The number of halogens is 5. The standard InChI is InChI=1S/C38H43F5N6O6S/c1-37(2,36-45-17-31(55-36)23-12-24(33(39)40)16-44-15-23)49-10-9-48(28(19-49)35(53)46-21-38(41,42)43)18-25(50)13-22(14-26-6-5-11-56-26)34(52)47-32-27-7-3-4-8-30(27)54-20-29(32)51/h3-8,11-12,15-17,22,25,28-29,32-33,50-51H,9-10,13-14,18-21H2,1-2H3,(H,46,53)(H,47,52)/t22-,25-,28-,29+,32-/m0/s1. The topological polar surface area (TPSA) is 153 Å². The number of para-hydroxylation sites is 1. The van der Waals surface area contributed by atoms with Gasteiger partial charge in [0, 0.05) is 66.1 Å². The molecule has 56 heavy (non-hydrogen) atoms. The quantitative estimate of drug-likeness (QED) is 0.130. The van der Waals surface area contributed by atoms with Crippen LogP contribution in [0.5, 0.6) is 5.75 Å². The van der Waals surface area contributed by atoms with Crippen LogP contribution in [0.1, 0.15) is 54.6 Å². The molecule has 0 radical (unpaired) electrons. The van der Waals surface area contributed by atoms with Crippen molar-refractivity contribution in [2.24, 2.45) is 5.92 Å². The van der Waals surface area contributed by atoms with E-state index in [1.54, 1.807) is 43.0 Å². The number of β-amino-alcohol motifs (C(OH)–C–C–N with tert-alkyl or cyclic N) is 1. The van der Waals surface area contributed by atoms with Crippen LogP contribution < -0.4 is 15.4 Å². The fourth-order valence-electron chi connectivity index (χ4n) is 7.06. The zero-order chi connectivity index (χ0) is 40.2. The van der Waals surface area contributed by atoms with Crippen molar-refractivity contribution >= 4 is 23.2 Å². The fraction of sp³-hybridized carbons (Fsp3) is 0.474. The normalized spacial score (nSPS) is 20.6. The first-order chi connectivity index (χ1) is 26.6. The summed E-state index contributed by atoms with van der Waals surface area (Å²) in [7, 11) is 0. The first kappa shape index (κ1) is 41.2. The number of carbonyl (C=O) groups is 2. The number of nitrogens with zero attached hydrogens (tertiary/aromatic N) is 4. The van der Waals surface area contributed by atoms with Crippen LogP contribution in [0.4, 0.5) is 22.0 Å². The Morgan fingerprint density at radius 1 is 1.09 bits per heavy atom. The minimum absolute atomic E-state index is 0.0233. The van der Waals surface area contributed by atoms with Crippen molar-refractivity contribution in [2.75, 3.05) is 39.3 Å². The third-order valence-electron chi connectivity index (χ3n) is 10.1. The van der Waals surface area contributed by atoms with Gasteiger partial charge < -0.3 is 30.0 Å². The van der Waals surface area contributed by atoms with Gasteiger partial charge in [0.2, 0.25) is 17.7 Å². The highest BCUT2D eigenvalue weighted by Gasteiger charge is 2.43. The van der Waals surface area contributed by atoms with Crippen LogP contribution in [0.15, 0.2) is 70.9 Å². The van der Waals surface area contributed by atoms with Crippen molar-refractivity contribution in [1.29, 1.82) is 0 Å². The van der Waals surface area contributed by atoms with E-state index < -0.39 is 66.7 Å². The number of aliphatic hydroxyl groups is 2. The van der Waals surface area contributed by atoms with Crippen LogP contribution in [0.25, 0.3) is 11.3 Å². The summed E-state index contributed by atoms with van der Waals surface area (Å²) in [6, 6.07) is 10.1. The highest BCUT2D eigenvalue weighted by atomic mass is 32.1. The van der Waals surface area contributed by atoms with Crippen LogP contribution >= 0.6 is 11.3 Å². The molecule has 1 aromatic carbocycles. The lowest BCUT2D eigenvalue weighted by Crippen LogP contribution is -2.63. The van der Waals surface area contributed by atoms with Gasteiger partial charge in [-0.3, -0.25) is 24.4 Å². The molecule has 0 bridgehead atoms. The van der Waals surface area contributed by atoms with Gasteiger partial charge in [0.25, 0.3) is 6.43 Å². The monoisotopic (exact) mass is 806 g/mol. The molecule has 302 valence electrons. The van der Waals surface area contributed by atoms with E-state index in [0.29, 0.717) is 11.3 Å². The second kappa shape index (κ2) is 17.3. The molecule has 2 aliphatic rings. The van der Waals surface area contributed by atoms with E-state index in [-0.39, 0.29) is 68.4 Å². The largest absolute Gasteiger partial charge is 0.490 e. The summed E-state index contributed by atoms with van der Waals surface area (Å²) in [5.74, 6) is -1.18. The zero-order valence-electron chi connectivity index (χ0n) is 30.6. The Bertz CT molecular complexity index is 1950. The van der Waals surface area contributed by atoms with Crippen molar-refractivity contribution in [2.45, 2.75) is 69.1 Å². The number of pyridine rings is 1. The molecular formula is C38H43F5N6O6S. The van der Waals surface area contributed by atoms with Gasteiger partial charge in [0.1, 0.15) is 31.0 Å². The molecule has 5 heterocycles. The van der Waals surface area contributed by atoms with Crippen molar-refractivity contribution in [1.82, 2.24) is 30.4 Å². The lowest BCUT2D eigenvalue weighted by atomic mass is 9.92. The molecule has 0 aliphatic carbocycles. The summed E-state index contributed by atoms with van der Waals surface area (Å²) in [6.45, 7) is 2.15. The van der Waals surface area contributed by atoms with Gasteiger partial charge in [-0.15, -0.1) is 11.3 Å². The Labute approximate surface area is 323 Å². The Morgan fingerprint density at radius 3 is 2.61 bits per heavy atom. The van der Waals surface area contributed by atoms with Crippen LogP contribution in [0.3, 0.4) is 0 Å². The number of carbonyl (C=O) groups excluding carboxylic acids is 2. The molecule has 12 nitrogen and oxygen atoms in total. The molecule has 1 saturated heterocycles. The summed E-state index contributed by atoms with van der Waals surface area (Å²) in [6.07, 6.45) is -5.61. The van der Waals surface area contributed by atoms with Crippen LogP contribution in [-0.4, -0.2) is 106 Å². The van der Waals surface area contributed by atoms with Crippen molar-refractivity contribution < 1.29 is 50.9 Å². The highest BCUT2D eigenvalue weighted by Crippen LogP contribution is 2.35. The molecule has 3 aromatic heterocycles. The number of ether oxygens (including phenoxy) is 1. The number of benzene rings is 1. The number of thiophene rings is 1. The first-order valence-electron chi connectivity index (χ1n) is 18.0. The predicted octanol–water partition coefficient (Wildman–Crippen LogP) is 4.86. The average molecular weight is 807 g/mol. The van der Waals surface area contributed by atoms with E-state index in [1.807, 2.05) is 27.7 Å². The highest BCUT2D eigenvalue weighted by molar-refractivity contribution is 7.09. The van der Waals surface area contributed by atoms with Gasteiger partial charge in [-0.25, -0.2) is 13.8 Å². The minimum Gasteiger partial charge on any atom is -0.490 e. The van der Waals surface area contributed by atoms with E-state index in [0.717, 1.165) is 11.1 Å². The number of fused-ring (bicyclic) bond motifs is 1. The molecule has 4 N–H and O–H groups in total. The van der Waals surface area contributed by atoms with E-state index in [2.05, 4.69) is 15.3 Å². The summed E-state index contributed by atoms with van der Waals surface area (Å²) < 4.78 is 77.9. The molecule has 0 unspecified atom stereocenters. The second-order valence-electron chi connectivity index (χ2n) is 14.5. The number of hydrogen-bond donors (Lipinski definition) is 4. The zero-order valence-corrected chi connectivity index (χ0v) is 31.4. The molecule has 0 saturated carbocycles. The number of rotatable bonds is 14. The van der Waals surface area contributed by atoms with Gasteiger partial charge in [-0.2, -0.15) is 13.2 Å². The van der Waals surface area contributed by atoms with Crippen molar-refractivity contribution in [3.63, 3.8) is 0 Å². The molecular weight excluding hydrogens is 764 g/mol. The van der Waals surface area contributed by atoms with Crippen LogP contribution in [0.2, 0.25) is 0 Å². The SMILES string of the molecule is CC(C)(c1ncc(-c2cncc(C(F)F)c2)o1)N1CCN(C[C@@H](O)C[C@@H](Cc2cccs2)C(=O)N[C@H]2c3ccccc3OC[C@H]2O)[C@H](C(=O)NCC(F)(F)F)C1. The Kier molecular flexibility index (Phi) is 12.7. The average Bonchev–Trinajstić information content (AvgIpc) is 3.88. The Hall–Kier alpha value is -4.49. The van der Waals surface area contributed by atoms with E-state index in [4.69, 9.17) is 9.15 Å². The maximum Gasteiger partial charge on any atom is 0.405 e. The maximum absolute atomic E-state index is 13.9. The van der Waals surface area contributed by atoms with E-state index >= 15 is 0 Å². The summed E-state index contributed by atoms with van der Waals surface area (Å²) in [5, 5.41) is 29.1. The minimum atomic E-state index is -4.67. The third kappa shape index (κ3) is 9.90. The number of piperazine rings is 1. The van der Waals surface area contributed by atoms with Crippen LogP contribution in [0, 0.1) is 5.92 Å². The number of aromatic nitrogens is 2. The number of nitrogens with one attached hydrogen (secondary N) is 2. The molecule has 18 heteroatoms. The summed E-state index contributed by atoms with van der Waals surface area (Å²) in [5.41, 5.74) is -0.424. The van der Waals surface area contributed by atoms with Gasteiger partial charge in [0.15, 0.2) is 5.76 Å². The molecule has 5 atom stereocenters. The number of alkyl halides is 5. The van der Waals surface area contributed by atoms with Crippen molar-refractivity contribution in [3.05, 3.63) is 88.3 Å². The van der Waals surface area contributed by atoms with E-state index in [9.17, 15) is 41.8 Å². The molecule has 2 aliphatic heterocycles.